The Hall–Kier alpha value is -2.35. The SMILES string of the molecule is COc1nc(N)nc2c1ncn2[C@@H]1O[C@@H]2CO[P@@](=O)(OCC(=O)OC(C)C)O[C@H]2[C@@]1(C)O. The van der Waals surface area contributed by atoms with Gasteiger partial charge in [0, 0.05) is 0 Å². The maximum atomic E-state index is 12.9. The number of carbonyl (C=O) groups excluding carboxylic acids is 1. The van der Waals surface area contributed by atoms with Gasteiger partial charge in [-0.25, -0.2) is 14.3 Å². The smallest absolute Gasteiger partial charge is 0.475 e. The molecular weight excluding hydrogens is 449 g/mol. The molecule has 3 N–H and O–H groups in total. The second-order valence-corrected chi connectivity index (χ2v) is 9.37. The van der Waals surface area contributed by atoms with Crippen LogP contribution < -0.4 is 10.5 Å². The van der Waals surface area contributed by atoms with Crippen LogP contribution in [0, 0.1) is 0 Å². The number of hydrogen-bond donors (Lipinski definition) is 2. The quantitative estimate of drug-likeness (QED) is 0.439. The third-order valence-electron chi connectivity index (χ3n) is 4.92. The maximum absolute atomic E-state index is 12.9. The molecule has 0 amide bonds. The molecule has 0 saturated carbocycles. The number of anilines is 1. The van der Waals surface area contributed by atoms with E-state index >= 15 is 0 Å². The van der Waals surface area contributed by atoms with E-state index in [4.69, 9.17) is 33.5 Å². The summed E-state index contributed by atoms with van der Waals surface area (Å²) in [5.41, 5.74) is 4.61. The van der Waals surface area contributed by atoms with E-state index in [0.717, 1.165) is 0 Å². The molecule has 0 aromatic carbocycles. The summed E-state index contributed by atoms with van der Waals surface area (Å²) >= 11 is 0. The van der Waals surface area contributed by atoms with Crippen molar-refractivity contribution in [1.82, 2.24) is 19.5 Å². The summed E-state index contributed by atoms with van der Waals surface area (Å²) in [7, 11) is -2.75. The second kappa shape index (κ2) is 8.21. The van der Waals surface area contributed by atoms with Gasteiger partial charge in [-0.05, 0) is 20.8 Å². The Bertz CT molecular complexity index is 1070. The van der Waals surface area contributed by atoms with E-state index in [9.17, 15) is 14.5 Å². The van der Waals surface area contributed by atoms with Crippen LogP contribution in [0.5, 0.6) is 5.88 Å². The van der Waals surface area contributed by atoms with Gasteiger partial charge in [0.1, 0.15) is 17.8 Å². The number of nitrogens with two attached hydrogens (primary N) is 1. The molecule has 5 atom stereocenters. The van der Waals surface area contributed by atoms with E-state index < -0.39 is 44.4 Å². The molecule has 2 aliphatic heterocycles. The molecule has 2 saturated heterocycles. The molecule has 2 fully saturated rings. The van der Waals surface area contributed by atoms with Gasteiger partial charge >= 0.3 is 13.8 Å². The summed E-state index contributed by atoms with van der Waals surface area (Å²) < 4.78 is 46.1. The minimum atomic E-state index is -4.16. The lowest BCUT2D eigenvalue weighted by atomic mass is 9.96. The van der Waals surface area contributed by atoms with Crippen LogP contribution in [0.1, 0.15) is 27.0 Å². The molecule has 176 valence electrons. The van der Waals surface area contributed by atoms with Crippen molar-refractivity contribution in [2.24, 2.45) is 0 Å². The van der Waals surface area contributed by atoms with Crippen LogP contribution in [0.3, 0.4) is 0 Å². The standard InChI is InChI=1S/C17H24N5O9P/c1-8(2)29-10(23)6-28-32(25)27-5-9-12(31-32)17(3,24)15(30-9)22-7-19-11-13(22)20-16(18)21-14(11)26-4/h7-9,12,15,24H,5-6H2,1-4H3,(H2,18,20,21)/t9-,12-,15-,17-,32+/m1/s1. The van der Waals surface area contributed by atoms with E-state index in [-0.39, 0.29) is 30.2 Å². The minimum absolute atomic E-state index is 0.0584. The first-order chi connectivity index (χ1) is 15.0. The molecule has 2 aliphatic rings. The lowest BCUT2D eigenvalue weighted by Crippen LogP contribution is -2.47. The number of hydrogen-bond acceptors (Lipinski definition) is 13. The normalized spacial score (nSPS) is 32.2. The molecule has 32 heavy (non-hydrogen) atoms. The van der Waals surface area contributed by atoms with E-state index in [1.165, 1.54) is 24.9 Å². The summed E-state index contributed by atoms with van der Waals surface area (Å²) in [6, 6.07) is 0. The number of ether oxygens (including phenoxy) is 3. The number of nitrogens with zero attached hydrogens (tertiary/aromatic N) is 4. The first kappa shape index (κ1) is 22.8. The molecule has 0 unspecified atom stereocenters. The topological polar surface area (TPSA) is 179 Å². The highest BCUT2D eigenvalue weighted by Crippen LogP contribution is 2.58. The zero-order chi connectivity index (χ0) is 23.3. The van der Waals surface area contributed by atoms with Crippen LogP contribution in [-0.4, -0.2) is 74.8 Å². The number of imidazole rings is 1. The molecular formula is C17H24N5O9P. The first-order valence-corrected chi connectivity index (χ1v) is 11.2. The van der Waals surface area contributed by atoms with Gasteiger partial charge in [0.2, 0.25) is 11.8 Å². The highest BCUT2D eigenvalue weighted by molar-refractivity contribution is 7.48. The highest BCUT2D eigenvalue weighted by Gasteiger charge is 2.60. The number of fused-ring (bicyclic) bond motifs is 2. The number of aliphatic hydroxyl groups is 1. The van der Waals surface area contributed by atoms with E-state index in [0.29, 0.717) is 5.52 Å². The second-order valence-electron chi connectivity index (χ2n) is 7.75. The van der Waals surface area contributed by atoms with Crippen LogP contribution in [0.2, 0.25) is 0 Å². The Labute approximate surface area is 182 Å². The van der Waals surface area contributed by atoms with Gasteiger partial charge in [-0.3, -0.25) is 18.1 Å². The fourth-order valence-electron chi connectivity index (χ4n) is 3.59. The number of methoxy groups -OCH3 is 1. The van der Waals surface area contributed by atoms with Gasteiger partial charge < -0.3 is 25.1 Å². The zero-order valence-electron chi connectivity index (χ0n) is 17.8. The number of nitrogen functional groups attached to an aromatic ring is 1. The van der Waals surface area contributed by atoms with Crippen molar-refractivity contribution in [1.29, 1.82) is 0 Å². The Balaban J connectivity index is 1.56. The summed E-state index contributed by atoms with van der Waals surface area (Å²) in [5, 5.41) is 11.3. The van der Waals surface area contributed by atoms with E-state index in [1.807, 2.05) is 0 Å². The molecule has 0 radical (unpaired) electrons. The van der Waals surface area contributed by atoms with Crippen molar-refractivity contribution in [2.45, 2.75) is 50.9 Å². The third-order valence-corrected chi connectivity index (χ3v) is 6.31. The highest BCUT2D eigenvalue weighted by atomic mass is 31.2. The first-order valence-electron chi connectivity index (χ1n) is 9.73. The van der Waals surface area contributed by atoms with E-state index in [2.05, 4.69) is 15.0 Å². The van der Waals surface area contributed by atoms with Crippen LogP contribution in [-0.2, 0) is 32.4 Å². The van der Waals surface area contributed by atoms with Crippen molar-refractivity contribution in [3.8, 4) is 5.88 Å². The molecule has 2 aromatic heterocycles. The Morgan fingerprint density at radius 1 is 1.47 bits per heavy atom. The Morgan fingerprint density at radius 2 is 2.22 bits per heavy atom. The van der Waals surface area contributed by atoms with Crippen LogP contribution >= 0.6 is 7.82 Å². The largest absolute Gasteiger partial charge is 0.479 e. The number of aromatic nitrogens is 4. The van der Waals surface area contributed by atoms with Crippen molar-refractivity contribution >= 4 is 30.9 Å². The summed E-state index contributed by atoms with van der Waals surface area (Å²) in [4.78, 5) is 24.1. The van der Waals surface area contributed by atoms with Crippen LogP contribution in [0.25, 0.3) is 11.2 Å². The van der Waals surface area contributed by atoms with Gasteiger partial charge in [0.25, 0.3) is 0 Å². The molecule has 4 rings (SSSR count). The monoisotopic (exact) mass is 473 g/mol. The maximum Gasteiger partial charge on any atom is 0.475 e. The van der Waals surface area contributed by atoms with Crippen molar-refractivity contribution in [3.05, 3.63) is 6.33 Å². The number of rotatable bonds is 6. The van der Waals surface area contributed by atoms with Crippen molar-refractivity contribution in [3.63, 3.8) is 0 Å². The Morgan fingerprint density at radius 3 is 2.91 bits per heavy atom. The zero-order valence-corrected chi connectivity index (χ0v) is 18.7. The fourth-order valence-corrected chi connectivity index (χ4v) is 5.01. The summed E-state index contributed by atoms with van der Waals surface area (Å²) in [5.74, 6) is -0.628. The number of phosphoric acid groups is 1. The van der Waals surface area contributed by atoms with E-state index in [1.54, 1.807) is 13.8 Å². The average molecular weight is 473 g/mol. The molecule has 14 nitrogen and oxygen atoms in total. The van der Waals surface area contributed by atoms with Crippen molar-refractivity contribution in [2.75, 3.05) is 26.1 Å². The average Bonchev–Trinajstić information content (AvgIpc) is 3.23. The summed E-state index contributed by atoms with van der Waals surface area (Å²) in [6.45, 7) is 3.93. The van der Waals surface area contributed by atoms with Gasteiger partial charge in [-0.2, -0.15) is 9.97 Å². The number of carbonyl (C=O) groups is 1. The van der Waals surface area contributed by atoms with Crippen LogP contribution in [0.15, 0.2) is 6.33 Å². The molecule has 0 spiro atoms. The van der Waals surface area contributed by atoms with Gasteiger partial charge in [0.15, 0.2) is 24.0 Å². The lowest BCUT2D eigenvalue weighted by molar-refractivity contribution is -0.151. The van der Waals surface area contributed by atoms with Crippen molar-refractivity contribution < 1.29 is 42.2 Å². The van der Waals surface area contributed by atoms with Gasteiger partial charge in [-0.1, -0.05) is 0 Å². The number of phosphoric ester groups is 1. The molecule has 0 aliphatic carbocycles. The number of esters is 1. The molecule has 0 bridgehead atoms. The minimum Gasteiger partial charge on any atom is -0.479 e. The third kappa shape index (κ3) is 4.05. The van der Waals surface area contributed by atoms with Gasteiger partial charge in [0.05, 0.1) is 26.1 Å². The molecule has 2 aromatic rings. The molecule has 4 heterocycles. The fraction of sp³-hybridized carbons (Fsp3) is 0.647. The predicted octanol–water partition coefficient (Wildman–Crippen LogP) is 0.557. The van der Waals surface area contributed by atoms with Gasteiger partial charge in [-0.15, -0.1) is 0 Å². The molecule has 15 heteroatoms. The lowest BCUT2D eigenvalue weighted by Gasteiger charge is -2.34. The Kier molecular flexibility index (Phi) is 5.86. The summed E-state index contributed by atoms with van der Waals surface area (Å²) in [6.07, 6.45) is -1.93. The predicted molar refractivity (Wildman–Crippen MR) is 106 cm³/mol. The van der Waals surface area contributed by atoms with Crippen LogP contribution in [0.4, 0.5) is 5.95 Å².